The van der Waals surface area contributed by atoms with Crippen LogP contribution in [0.2, 0.25) is 0 Å². The lowest BCUT2D eigenvalue weighted by Crippen LogP contribution is -2.32. The summed E-state index contributed by atoms with van der Waals surface area (Å²) in [4.78, 5) is 37.2. The van der Waals surface area contributed by atoms with Crippen LogP contribution in [0.3, 0.4) is 0 Å². The Kier molecular flexibility index (Phi) is 8.45. The summed E-state index contributed by atoms with van der Waals surface area (Å²) in [6.07, 6.45) is 1.48. The topological polar surface area (TPSA) is 123 Å². The molecule has 0 saturated heterocycles. The molecule has 1 aliphatic carbocycles. The van der Waals surface area contributed by atoms with Crippen LogP contribution in [0.1, 0.15) is 50.8 Å². The minimum absolute atomic E-state index is 0.116. The number of carbonyl (C=O) groups excluding carboxylic acids is 1. The molecule has 2 aromatic rings. The molecule has 0 fully saturated rings. The molecule has 0 aliphatic heterocycles. The smallest absolute Gasteiger partial charge is 0.326 e. The predicted molar refractivity (Wildman–Crippen MR) is 137 cm³/mol. The number of carboxylic acids is 1. The van der Waals surface area contributed by atoms with E-state index in [1.54, 1.807) is 19.2 Å². The molecule has 0 heterocycles. The number of aliphatic carboxylic acids is 1. The molecule has 0 saturated carbocycles. The number of aryl methyl sites for hydroxylation is 1. The summed E-state index contributed by atoms with van der Waals surface area (Å²) in [5, 5.41) is 15.5. The zero-order valence-corrected chi connectivity index (χ0v) is 21.6. The molecule has 3 rings (SSSR count). The minimum atomic E-state index is -1.03. The fraction of sp³-hybridized carbons (Fsp3) is 0.444. The quantitative estimate of drug-likeness (QED) is 0.477. The number of ether oxygens (including phenoxy) is 3. The highest BCUT2D eigenvalue weighted by Gasteiger charge is 2.29. The molecule has 0 bridgehead atoms. The first-order valence-electron chi connectivity index (χ1n) is 11.9. The van der Waals surface area contributed by atoms with Gasteiger partial charge in [0.05, 0.1) is 33.1 Å². The third kappa shape index (κ3) is 5.56. The average molecular weight is 499 g/mol. The van der Waals surface area contributed by atoms with Gasteiger partial charge in [-0.3, -0.25) is 9.59 Å². The van der Waals surface area contributed by atoms with E-state index in [1.165, 1.54) is 27.2 Å². The number of rotatable bonds is 9. The lowest BCUT2D eigenvalue weighted by Gasteiger charge is -2.19. The molecule has 3 N–H and O–H groups in total. The third-order valence-electron chi connectivity index (χ3n) is 6.25. The van der Waals surface area contributed by atoms with Crippen molar-refractivity contribution < 1.29 is 28.9 Å². The summed E-state index contributed by atoms with van der Waals surface area (Å²) in [7, 11) is 4.60. The van der Waals surface area contributed by atoms with Crippen LogP contribution >= 0.6 is 0 Å². The van der Waals surface area contributed by atoms with E-state index < -0.39 is 18.1 Å². The van der Waals surface area contributed by atoms with Gasteiger partial charge in [-0.05, 0) is 60.1 Å². The monoisotopic (exact) mass is 498 g/mol. The molecule has 0 unspecified atom stereocenters. The van der Waals surface area contributed by atoms with Crippen LogP contribution in [0.15, 0.2) is 29.1 Å². The fourth-order valence-electron chi connectivity index (χ4n) is 4.71. The Hall–Kier alpha value is -3.75. The average Bonchev–Trinajstić information content (AvgIpc) is 3.06. The Morgan fingerprint density at radius 2 is 1.78 bits per heavy atom. The zero-order chi connectivity index (χ0) is 26.6. The van der Waals surface area contributed by atoms with Gasteiger partial charge in [0.15, 0.2) is 11.5 Å². The molecule has 9 nitrogen and oxygen atoms in total. The van der Waals surface area contributed by atoms with Crippen molar-refractivity contribution in [3.63, 3.8) is 0 Å². The molecule has 194 valence electrons. The van der Waals surface area contributed by atoms with E-state index in [0.29, 0.717) is 47.6 Å². The molecule has 0 radical (unpaired) electrons. The number of carbonyl (C=O) groups is 2. The van der Waals surface area contributed by atoms with E-state index in [2.05, 4.69) is 10.6 Å². The number of methoxy groups -OCH3 is 3. The number of benzene rings is 1. The summed E-state index contributed by atoms with van der Waals surface area (Å²) < 4.78 is 16.9. The second-order valence-electron chi connectivity index (χ2n) is 9.26. The van der Waals surface area contributed by atoms with E-state index >= 15 is 0 Å². The van der Waals surface area contributed by atoms with Crippen LogP contribution in [-0.2, 0) is 16.0 Å². The molecule has 1 aliphatic rings. The van der Waals surface area contributed by atoms with Crippen molar-refractivity contribution in [1.82, 2.24) is 5.32 Å². The molecular formula is C27H34N2O7. The van der Waals surface area contributed by atoms with Gasteiger partial charge >= 0.3 is 5.97 Å². The summed E-state index contributed by atoms with van der Waals surface area (Å²) in [5.74, 6) is 0.240. The van der Waals surface area contributed by atoms with Gasteiger partial charge in [-0.2, -0.15) is 0 Å². The van der Waals surface area contributed by atoms with Crippen molar-refractivity contribution >= 4 is 17.6 Å². The first-order chi connectivity index (χ1) is 17.1. The largest absolute Gasteiger partial charge is 0.493 e. The second kappa shape index (κ2) is 11.3. The molecular weight excluding hydrogens is 464 g/mol. The SMILES string of the molecule is COc1cc2c(c(OC)c1OC)-c1ccc(N[C@H](CC(C)C)C(=O)O)c(=O)cc1[C@H](NC(C)=O)CC2. The highest BCUT2D eigenvalue weighted by Crippen LogP contribution is 2.50. The summed E-state index contributed by atoms with van der Waals surface area (Å²) in [5.41, 5.74) is 2.73. The Labute approximate surface area is 210 Å². The Morgan fingerprint density at radius 1 is 1.08 bits per heavy atom. The number of amides is 1. The van der Waals surface area contributed by atoms with E-state index in [1.807, 2.05) is 19.9 Å². The van der Waals surface area contributed by atoms with Gasteiger partial charge in [-0.25, -0.2) is 4.79 Å². The first kappa shape index (κ1) is 26.8. The highest BCUT2D eigenvalue weighted by molar-refractivity contribution is 5.84. The van der Waals surface area contributed by atoms with Crippen molar-refractivity contribution in [1.29, 1.82) is 0 Å². The van der Waals surface area contributed by atoms with Gasteiger partial charge in [0.25, 0.3) is 0 Å². The van der Waals surface area contributed by atoms with Crippen molar-refractivity contribution in [2.75, 3.05) is 26.6 Å². The third-order valence-corrected chi connectivity index (χ3v) is 6.25. The van der Waals surface area contributed by atoms with Crippen molar-refractivity contribution in [2.45, 2.75) is 52.1 Å². The number of hydrogen-bond acceptors (Lipinski definition) is 7. The summed E-state index contributed by atoms with van der Waals surface area (Å²) >= 11 is 0. The number of carboxylic acid groups (broad SMARTS) is 1. The molecule has 1 amide bonds. The van der Waals surface area contributed by atoms with Gasteiger partial charge in [0.2, 0.25) is 17.1 Å². The Balaban J connectivity index is 2.30. The van der Waals surface area contributed by atoms with E-state index in [0.717, 1.165) is 11.1 Å². The maximum absolute atomic E-state index is 13.3. The van der Waals surface area contributed by atoms with Crippen molar-refractivity contribution in [3.05, 3.63) is 45.6 Å². The van der Waals surface area contributed by atoms with Crippen LogP contribution in [-0.4, -0.2) is 44.4 Å². The van der Waals surface area contributed by atoms with E-state index in [9.17, 15) is 19.5 Å². The van der Waals surface area contributed by atoms with Gasteiger partial charge < -0.3 is 30.0 Å². The number of fused-ring (bicyclic) bond motifs is 3. The first-order valence-corrected chi connectivity index (χ1v) is 11.9. The summed E-state index contributed by atoms with van der Waals surface area (Å²) in [6, 6.07) is 5.35. The number of anilines is 1. The minimum Gasteiger partial charge on any atom is -0.493 e. The molecule has 0 spiro atoms. The standard InChI is InChI=1S/C27H34N2O7/c1-14(2)11-21(27(32)33)29-20-10-8-17-18(13-22(20)31)19(28-15(3)30)9-7-16-12-23(34-4)25(35-5)26(36-6)24(16)17/h8,10,12-14,19,21H,7,9,11H2,1-6H3,(H,28,30)(H,29,31)(H,32,33)/t19-,21-/m1/s1. The van der Waals surface area contributed by atoms with Crippen LogP contribution in [0.25, 0.3) is 11.1 Å². The molecule has 0 aromatic heterocycles. The van der Waals surface area contributed by atoms with Crippen molar-refractivity contribution in [3.8, 4) is 28.4 Å². The van der Waals surface area contributed by atoms with Gasteiger partial charge in [-0.15, -0.1) is 0 Å². The zero-order valence-electron chi connectivity index (χ0n) is 21.6. The maximum atomic E-state index is 13.3. The van der Waals surface area contributed by atoms with Crippen LogP contribution in [0, 0.1) is 5.92 Å². The van der Waals surface area contributed by atoms with Gasteiger partial charge in [0.1, 0.15) is 6.04 Å². The summed E-state index contributed by atoms with van der Waals surface area (Å²) in [6.45, 7) is 5.28. The Bertz CT molecular complexity index is 1210. The van der Waals surface area contributed by atoms with E-state index in [-0.39, 0.29) is 22.9 Å². The van der Waals surface area contributed by atoms with Crippen LogP contribution in [0.5, 0.6) is 17.2 Å². The highest BCUT2D eigenvalue weighted by atomic mass is 16.5. The fourth-order valence-corrected chi connectivity index (χ4v) is 4.71. The second-order valence-corrected chi connectivity index (χ2v) is 9.26. The molecule has 9 heteroatoms. The van der Waals surface area contributed by atoms with Gasteiger partial charge in [-0.1, -0.05) is 19.9 Å². The van der Waals surface area contributed by atoms with Crippen molar-refractivity contribution in [2.24, 2.45) is 5.92 Å². The normalized spacial score (nSPS) is 15.1. The van der Waals surface area contributed by atoms with Crippen LogP contribution < -0.4 is 30.3 Å². The Morgan fingerprint density at radius 3 is 2.33 bits per heavy atom. The van der Waals surface area contributed by atoms with Crippen LogP contribution in [0.4, 0.5) is 5.69 Å². The lowest BCUT2D eigenvalue weighted by atomic mass is 9.95. The van der Waals surface area contributed by atoms with E-state index in [4.69, 9.17) is 14.2 Å². The number of hydrogen-bond donors (Lipinski definition) is 3. The van der Waals surface area contributed by atoms with Gasteiger partial charge in [0, 0.05) is 12.5 Å². The predicted octanol–water partition coefficient (Wildman–Crippen LogP) is 3.77. The molecule has 36 heavy (non-hydrogen) atoms. The maximum Gasteiger partial charge on any atom is 0.326 e. The number of nitrogens with one attached hydrogen (secondary N) is 2. The lowest BCUT2D eigenvalue weighted by molar-refractivity contribution is -0.138. The molecule has 2 atom stereocenters. The molecule has 2 aromatic carbocycles.